The van der Waals surface area contributed by atoms with Crippen molar-refractivity contribution in [2.75, 3.05) is 19.3 Å². The largest absolute Gasteiger partial charge is 0.367 e. The summed E-state index contributed by atoms with van der Waals surface area (Å²) in [6, 6.07) is 6.93. The average Bonchev–Trinajstić information content (AvgIpc) is 3.16. The van der Waals surface area contributed by atoms with E-state index in [0.717, 1.165) is 42.2 Å². The molecule has 2 heterocycles. The molecule has 1 fully saturated rings. The molecule has 0 radical (unpaired) electrons. The monoisotopic (exact) mass is 465 g/mol. The van der Waals surface area contributed by atoms with E-state index in [1.54, 1.807) is 28.5 Å². The zero-order chi connectivity index (χ0) is 22.6. The van der Waals surface area contributed by atoms with Gasteiger partial charge in [-0.15, -0.1) is 16.4 Å². The van der Waals surface area contributed by atoms with Crippen LogP contribution in [0.25, 0.3) is 0 Å². The van der Waals surface area contributed by atoms with E-state index in [9.17, 15) is 13.2 Å². The van der Waals surface area contributed by atoms with Gasteiger partial charge in [0.2, 0.25) is 0 Å². The van der Waals surface area contributed by atoms with E-state index in [1.807, 2.05) is 32.9 Å². The number of benzene rings is 1. The number of carbonyl (C=O) groups is 1. The lowest BCUT2D eigenvalue weighted by molar-refractivity contribution is -0.204. The summed E-state index contributed by atoms with van der Waals surface area (Å²) < 4.78 is 23.1. The number of hydroxylamine groups is 2. The lowest BCUT2D eigenvalue weighted by atomic mass is 9.97. The Morgan fingerprint density at radius 2 is 1.84 bits per heavy atom. The van der Waals surface area contributed by atoms with Crippen LogP contribution in [0, 0.1) is 5.41 Å². The van der Waals surface area contributed by atoms with Crippen LogP contribution in [-0.4, -0.2) is 43.8 Å². The van der Waals surface area contributed by atoms with Crippen molar-refractivity contribution in [2.24, 2.45) is 5.41 Å². The molecule has 1 saturated heterocycles. The number of aromatic nitrogens is 1. The Morgan fingerprint density at radius 3 is 2.42 bits per heavy atom. The lowest BCUT2D eigenvalue weighted by Gasteiger charge is -2.31. The minimum Gasteiger partial charge on any atom is -0.367 e. The molecule has 1 aliphatic heterocycles. The Morgan fingerprint density at radius 1 is 1.19 bits per heavy atom. The number of sulfone groups is 1. The maximum atomic E-state index is 12.0. The molecular formula is C22H31N3O4S2. The number of carbonyl (C=O) groups excluding carboxylic acids is 1. The van der Waals surface area contributed by atoms with Crippen LogP contribution in [0.3, 0.4) is 0 Å². The maximum absolute atomic E-state index is 12.0. The highest BCUT2D eigenvalue weighted by Gasteiger charge is 2.29. The van der Waals surface area contributed by atoms with E-state index in [-0.39, 0.29) is 5.97 Å². The van der Waals surface area contributed by atoms with Gasteiger partial charge in [-0.2, -0.15) is 0 Å². The molecule has 9 heteroatoms. The minimum absolute atomic E-state index is 0.195. The first-order valence-electron chi connectivity index (χ1n) is 10.4. The molecule has 0 saturated carbocycles. The molecule has 0 aliphatic carbocycles. The zero-order valence-corrected chi connectivity index (χ0v) is 20.2. The van der Waals surface area contributed by atoms with E-state index in [2.05, 4.69) is 10.7 Å². The van der Waals surface area contributed by atoms with Gasteiger partial charge in [-0.1, -0.05) is 12.1 Å². The van der Waals surface area contributed by atoms with Gasteiger partial charge in [0.05, 0.1) is 21.0 Å². The third kappa shape index (κ3) is 6.83. The first kappa shape index (κ1) is 23.8. The summed E-state index contributed by atoms with van der Waals surface area (Å²) in [4.78, 5) is 22.7. The molecule has 1 aliphatic rings. The van der Waals surface area contributed by atoms with E-state index in [1.165, 1.54) is 6.26 Å². The number of nitrogens with one attached hydrogen (secondary N) is 1. The number of hydrogen-bond acceptors (Lipinski definition) is 8. The van der Waals surface area contributed by atoms with Gasteiger partial charge in [0.15, 0.2) is 9.84 Å². The SMILES string of the molecule is CC(C)(C)C(=O)ON1CCC(c2nc(CNCc3ccc(S(C)(=O)=O)cc3)cs2)CC1. The molecule has 0 unspecified atom stereocenters. The quantitative estimate of drug-likeness (QED) is 0.669. The molecule has 0 bridgehead atoms. The highest BCUT2D eigenvalue weighted by Crippen LogP contribution is 2.31. The normalized spacial score (nSPS) is 16.4. The molecule has 1 aromatic carbocycles. The molecule has 1 N–H and O–H groups in total. The van der Waals surface area contributed by atoms with Crippen molar-refractivity contribution >= 4 is 27.1 Å². The first-order valence-corrected chi connectivity index (χ1v) is 13.2. The van der Waals surface area contributed by atoms with Gasteiger partial charge in [0, 0.05) is 43.7 Å². The fourth-order valence-corrected chi connectivity index (χ4v) is 4.85. The maximum Gasteiger partial charge on any atom is 0.330 e. The lowest BCUT2D eigenvalue weighted by Crippen LogP contribution is -2.38. The van der Waals surface area contributed by atoms with Crippen molar-refractivity contribution in [3.8, 4) is 0 Å². The van der Waals surface area contributed by atoms with Crippen molar-refractivity contribution < 1.29 is 18.0 Å². The third-order valence-electron chi connectivity index (χ3n) is 5.18. The highest BCUT2D eigenvalue weighted by atomic mass is 32.2. The van der Waals surface area contributed by atoms with Crippen LogP contribution in [0.1, 0.15) is 55.8 Å². The average molecular weight is 466 g/mol. The summed E-state index contributed by atoms with van der Waals surface area (Å²) in [5.41, 5.74) is 1.54. The number of thiazole rings is 1. The summed E-state index contributed by atoms with van der Waals surface area (Å²) in [5.74, 6) is 0.200. The summed E-state index contributed by atoms with van der Waals surface area (Å²) in [6.07, 6.45) is 3.05. The van der Waals surface area contributed by atoms with Gasteiger partial charge in [-0.3, -0.25) is 0 Å². The number of rotatable bonds is 7. The van der Waals surface area contributed by atoms with Crippen LogP contribution >= 0.6 is 11.3 Å². The van der Waals surface area contributed by atoms with Gasteiger partial charge in [-0.25, -0.2) is 18.2 Å². The fourth-order valence-electron chi connectivity index (χ4n) is 3.23. The highest BCUT2D eigenvalue weighted by molar-refractivity contribution is 7.90. The second-order valence-corrected chi connectivity index (χ2v) is 11.9. The first-order chi connectivity index (χ1) is 14.5. The number of piperidine rings is 1. The van der Waals surface area contributed by atoms with Crippen molar-refractivity contribution in [3.63, 3.8) is 0 Å². The van der Waals surface area contributed by atoms with Gasteiger partial charge in [-0.05, 0) is 51.3 Å². The van der Waals surface area contributed by atoms with Gasteiger partial charge < -0.3 is 10.2 Å². The number of hydrogen-bond donors (Lipinski definition) is 1. The van der Waals surface area contributed by atoms with Crippen LogP contribution in [0.4, 0.5) is 0 Å². The van der Waals surface area contributed by atoms with Crippen LogP contribution in [0.15, 0.2) is 34.5 Å². The van der Waals surface area contributed by atoms with Crippen molar-refractivity contribution in [1.29, 1.82) is 0 Å². The molecule has 0 spiro atoms. The molecule has 31 heavy (non-hydrogen) atoms. The Balaban J connectivity index is 1.44. The van der Waals surface area contributed by atoms with E-state index in [0.29, 0.717) is 23.9 Å². The summed E-state index contributed by atoms with van der Waals surface area (Å²) in [5, 5.41) is 8.36. The van der Waals surface area contributed by atoms with Crippen LogP contribution in [0.2, 0.25) is 0 Å². The van der Waals surface area contributed by atoms with Gasteiger partial charge in [0.25, 0.3) is 0 Å². The third-order valence-corrected chi connectivity index (χ3v) is 7.37. The Kier molecular flexibility index (Phi) is 7.51. The Hall–Kier alpha value is -1.81. The smallest absolute Gasteiger partial charge is 0.330 e. The molecule has 2 aromatic rings. The van der Waals surface area contributed by atoms with Crippen LogP contribution in [-0.2, 0) is 32.6 Å². The molecule has 0 amide bonds. The summed E-state index contributed by atoms with van der Waals surface area (Å²) >= 11 is 1.68. The second kappa shape index (κ2) is 9.77. The van der Waals surface area contributed by atoms with E-state index >= 15 is 0 Å². The van der Waals surface area contributed by atoms with Crippen molar-refractivity contribution in [3.05, 3.63) is 45.9 Å². The van der Waals surface area contributed by atoms with Crippen molar-refractivity contribution in [1.82, 2.24) is 15.4 Å². The number of nitrogens with zero attached hydrogens (tertiary/aromatic N) is 2. The standard InChI is InChI=1S/C22H31N3O4S2/c1-22(2,3)21(26)29-25-11-9-17(10-12-25)20-24-18(15-30-20)14-23-13-16-5-7-19(8-6-16)31(4,27)28/h5-8,15,17,23H,9-14H2,1-4H3. The van der Waals surface area contributed by atoms with Gasteiger partial charge >= 0.3 is 5.97 Å². The van der Waals surface area contributed by atoms with E-state index in [4.69, 9.17) is 9.82 Å². The molecule has 1 aromatic heterocycles. The predicted octanol–water partition coefficient (Wildman–Crippen LogP) is 3.52. The van der Waals surface area contributed by atoms with Gasteiger partial charge in [0.1, 0.15) is 0 Å². The molecular weight excluding hydrogens is 434 g/mol. The van der Waals surface area contributed by atoms with E-state index < -0.39 is 15.3 Å². The topological polar surface area (TPSA) is 88.6 Å². The molecule has 7 nitrogen and oxygen atoms in total. The molecule has 170 valence electrons. The summed E-state index contributed by atoms with van der Waals surface area (Å²) in [7, 11) is -3.16. The fraction of sp³-hybridized carbons (Fsp3) is 0.545. The second-order valence-electron chi connectivity index (χ2n) is 9.03. The van der Waals surface area contributed by atoms with Crippen LogP contribution in [0.5, 0.6) is 0 Å². The Labute approximate surface area is 188 Å². The zero-order valence-electron chi connectivity index (χ0n) is 18.6. The Bertz CT molecular complexity index is 987. The predicted molar refractivity (Wildman–Crippen MR) is 121 cm³/mol. The molecule has 0 atom stereocenters. The summed E-state index contributed by atoms with van der Waals surface area (Å²) in [6.45, 7) is 8.33. The van der Waals surface area contributed by atoms with Crippen molar-refractivity contribution in [2.45, 2.75) is 57.5 Å². The minimum atomic E-state index is -3.16. The van der Waals surface area contributed by atoms with Crippen LogP contribution < -0.4 is 5.32 Å². The molecule has 3 rings (SSSR count).